The van der Waals surface area contributed by atoms with E-state index in [4.69, 9.17) is 0 Å². The maximum atomic E-state index is 12.3. The maximum Gasteiger partial charge on any atom is 0.233 e. The average molecular weight is 286 g/mol. The van der Waals surface area contributed by atoms with Gasteiger partial charge in [-0.1, -0.05) is 37.1 Å². The Morgan fingerprint density at radius 3 is 2.05 bits per heavy atom. The summed E-state index contributed by atoms with van der Waals surface area (Å²) in [6.07, 6.45) is 3.62. The highest BCUT2D eigenvalue weighted by Gasteiger charge is 2.47. The lowest BCUT2D eigenvalue weighted by molar-refractivity contribution is -0.255. The molecule has 1 aromatic carbocycles. The van der Waals surface area contributed by atoms with Crippen LogP contribution in [0, 0.1) is 11.8 Å². The number of amides is 2. The molecule has 0 unspecified atom stereocenters. The normalized spacial score (nSPS) is 25.0. The first kappa shape index (κ1) is 13.8. The number of nitrogens with zero attached hydrogens (tertiary/aromatic N) is 1. The maximum absolute atomic E-state index is 12.3. The van der Waals surface area contributed by atoms with Gasteiger partial charge in [0.15, 0.2) is 0 Å². The van der Waals surface area contributed by atoms with Crippen molar-refractivity contribution in [3.8, 4) is 0 Å². The highest BCUT2D eigenvalue weighted by Crippen LogP contribution is 2.38. The summed E-state index contributed by atoms with van der Waals surface area (Å²) in [5, 5.41) is 10.7. The third kappa shape index (κ3) is 2.44. The second-order valence-corrected chi connectivity index (χ2v) is 5.74. The molecule has 5 heteroatoms. The lowest BCUT2D eigenvalue weighted by Crippen LogP contribution is -2.30. The Kier molecular flexibility index (Phi) is 3.49. The molecule has 3 rings (SSSR count). The molecule has 1 saturated carbocycles. The molecule has 1 saturated heterocycles. The number of carbonyl (C=O) groups is 3. The fourth-order valence-electron chi connectivity index (χ4n) is 3.32. The summed E-state index contributed by atoms with van der Waals surface area (Å²) >= 11 is 0. The van der Waals surface area contributed by atoms with E-state index >= 15 is 0 Å². The van der Waals surface area contributed by atoms with Crippen molar-refractivity contribution in [3.05, 3.63) is 35.4 Å². The van der Waals surface area contributed by atoms with Crippen LogP contribution >= 0.6 is 0 Å². The van der Waals surface area contributed by atoms with E-state index in [1.807, 2.05) is 0 Å². The molecule has 1 aliphatic heterocycles. The number of hydrogen-bond donors (Lipinski definition) is 0. The topological polar surface area (TPSA) is 77.5 Å². The number of fused-ring (bicyclic) bond motifs is 1. The number of carbonyl (C=O) groups excluding carboxylic acids is 3. The monoisotopic (exact) mass is 286 g/mol. The third-order valence-electron chi connectivity index (χ3n) is 4.46. The number of carboxylic acid groups (broad SMARTS) is 1. The molecule has 0 radical (unpaired) electrons. The van der Waals surface area contributed by atoms with Crippen LogP contribution in [0.4, 0.5) is 0 Å². The van der Waals surface area contributed by atoms with E-state index in [0.29, 0.717) is 0 Å². The van der Waals surface area contributed by atoms with Gasteiger partial charge in [-0.05, 0) is 24.0 Å². The molecule has 21 heavy (non-hydrogen) atoms. The van der Waals surface area contributed by atoms with E-state index < -0.39 is 5.97 Å². The molecule has 1 heterocycles. The molecule has 2 aliphatic rings. The minimum absolute atomic E-state index is 0.0753. The highest BCUT2D eigenvalue weighted by molar-refractivity contribution is 6.05. The van der Waals surface area contributed by atoms with E-state index in [1.54, 1.807) is 12.1 Å². The molecule has 1 aromatic rings. The minimum Gasteiger partial charge on any atom is -0.545 e. The molecule has 5 nitrogen and oxygen atoms in total. The van der Waals surface area contributed by atoms with Gasteiger partial charge in [0, 0.05) is 0 Å². The predicted octanol–water partition coefficient (Wildman–Crippen LogP) is 0.725. The van der Waals surface area contributed by atoms with Gasteiger partial charge in [-0.25, -0.2) is 0 Å². The number of carboxylic acids is 1. The third-order valence-corrected chi connectivity index (χ3v) is 4.46. The van der Waals surface area contributed by atoms with Gasteiger partial charge in [-0.2, -0.15) is 0 Å². The first-order chi connectivity index (χ1) is 10.1. The second-order valence-electron chi connectivity index (χ2n) is 5.74. The molecule has 0 aromatic heterocycles. The van der Waals surface area contributed by atoms with Crippen molar-refractivity contribution in [1.29, 1.82) is 0 Å². The zero-order valence-corrected chi connectivity index (χ0v) is 11.6. The van der Waals surface area contributed by atoms with Crippen molar-refractivity contribution in [2.24, 2.45) is 11.8 Å². The van der Waals surface area contributed by atoms with E-state index in [9.17, 15) is 19.5 Å². The lowest BCUT2D eigenvalue weighted by atomic mass is 9.81. The minimum atomic E-state index is -1.24. The van der Waals surface area contributed by atoms with Crippen molar-refractivity contribution in [2.75, 3.05) is 0 Å². The standard InChI is InChI=1S/C16H17NO4/c18-14-12-3-1-2-4-13(12)15(19)17(14)9-10-5-7-11(8-6-10)16(20)21/h5-8,12-13H,1-4,9H2,(H,20,21)/p-1/t12-,13-/m1/s1. The first-order valence-electron chi connectivity index (χ1n) is 7.23. The van der Waals surface area contributed by atoms with Crippen molar-refractivity contribution in [1.82, 2.24) is 4.90 Å². The molecule has 2 atom stereocenters. The van der Waals surface area contributed by atoms with Crippen LogP contribution in [0.3, 0.4) is 0 Å². The molecular weight excluding hydrogens is 270 g/mol. The Morgan fingerprint density at radius 2 is 1.57 bits per heavy atom. The largest absolute Gasteiger partial charge is 0.545 e. The number of imide groups is 1. The van der Waals surface area contributed by atoms with E-state index in [1.165, 1.54) is 17.0 Å². The first-order valence-corrected chi connectivity index (χ1v) is 7.23. The summed E-state index contributed by atoms with van der Waals surface area (Å²) in [6.45, 7) is 0.220. The van der Waals surface area contributed by atoms with Gasteiger partial charge in [-0.15, -0.1) is 0 Å². The number of hydrogen-bond acceptors (Lipinski definition) is 4. The SMILES string of the molecule is O=C([O-])c1ccc(CN2C(=O)[C@@H]3CCCC[C@H]3C2=O)cc1. The van der Waals surface area contributed by atoms with Crippen LogP contribution < -0.4 is 5.11 Å². The van der Waals surface area contributed by atoms with E-state index in [0.717, 1.165) is 31.2 Å². The Hall–Kier alpha value is -2.17. The Bertz CT molecular complexity index is 569. The van der Waals surface area contributed by atoms with Crippen LogP contribution in [0.5, 0.6) is 0 Å². The van der Waals surface area contributed by atoms with Crippen LogP contribution in [0.25, 0.3) is 0 Å². The molecule has 110 valence electrons. The van der Waals surface area contributed by atoms with Gasteiger partial charge >= 0.3 is 0 Å². The van der Waals surface area contributed by atoms with E-state index in [-0.39, 0.29) is 35.8 Å². The van der Waals surface area contributed by atoms with Crippen LogP contribution in [0.1, 0.15) is 41.6 Å². The van der Waals surface area contributed by atoms with Crippen LogP contribution in [-0.2, 0) is 16.1 Å². The van der Waals surface area contributed by atoms with Crippen LogP contribution in [0.15, 0.2) is 24.3 Å². The zero-order chi connectivity index (χ0) is 15.0. The summed E-state index contributed by atoms with van der Waals surface area (Å²) in [4.78, 5) is 36.7. The summed E-state index contributed by atoms with van der Waals surface area (Å²) in [6, 6.07) is 6.10. The van der Waals surface area contributed by atoms with Crippen molar-refractivity contribution < 1.29 is 19.5 Å². The summed E-state index contributed by atoms with van der Waals surface area (Å²) in [5.41, 5.74) is 0.840. The van der Waals surface area contributed by atoms with Crippen LogP contribution in [-0.4, -0.2) is 22.7 Å². The fourth-order valence-corrected chi connectivity index (χ4v) is 3.32. The molecule has 1 aliphatic carbocycles. The molecule has 2 amide bonds. The van der Waals surface area contributed by atoms with E-state index in [2.05, 4.69) is 0 Å². The quantitative estimate of drug-likeness (QED) is 0.767. The van der Waals surface area contributed by atoms with Gasteiger partial charge in [0.05, 0.1) is 24.3 Å². The predicted molar refractivity (Wildman–Crippen MR) is 71.8 cm³/mol. The number of aromatic carboxylic acids is 1. The summed E-state index contributed by atoms with van der Waals surface area (Å²) < 4.78 is 0. The van der Waals surface area contributed by atoms with Gasteiger partial charge in [0.2, 0.25) is 11.8 Å². The smallest absolute Gasteiger partial charge is 0.233 e. The number of benzene rings is 1. The molecule has 2 fully saturated rings. The lowest BCUT2D eigenvalue weighted by Gasteiger charge is -2.19. The van der Waals surface area contributed by atoms with Crippen molar-refractivity contribution >= 4 is 17.8 Å². The number of rotatable bonds is 3. The van der Waals surface area contributed by atoms with Crippen LogP contribution in [0.2, 0.25) is 0 Å². The Morgan fingerprint density at radius 1 is 1.05 bits per heavy atom. The molecule has 0 bridgehead atoms. The zero-order valence-electron chi connectivity index (χ0n) is 11.6. The van der Waals surface area contributed by atoms with Crippen molar-refractivity contribution in [3.63, 3.8) is 0 Å². The van der Waals surface area contributed by atoms with Crippen molar-refractivity contribution in [2.45, 2.75) is 32.2 Å². The Labute approximate surface area is 122 Å². The fraction of sp³-hybridized carbons (Fsp3) is 0.438. The van der Waals surface area contributed by atoms with Gasteiger partial charge in [0.1, 0.15) is 0 Å². The van der Waals surface area contributed by atoms with Gasteiger partial charge in [0.25, 0.3) is 0 Å². The highest BCUT2D eigenvalue weighted by atomic mass is 16.4. The second kappa shape index (κ2) is 5.31. The average Bonchev–Trinajstić information content (AvgIpc) is 2.73. The number of likely N-dealkylation sites (tertiary alicyclic amines) is 1. The molecular formula is C16H16NO4-. The molecule has 0 N–H and O–H groups in total. The summed E-state index contributed by atoms with van der Waals surface area (Å²) in [7, 11) is 0. The van der Waals surface area contributed by atoms with Gasteiger partial charge in [-0.3, -0.25) is 14.5 Å². The molecule has 0 spiro atoms. The van der Waals surface area contributed by atoms with Gasteiger partial charge < -0.3 is 9.90 Å². The Balaban J connectivity index is 1.76. The summed E-state index contributed by atoms with van der Waals surface area (Å²) in [5.74, 6) is -1.68.